The number of benzene rings is 1. The van der Waals surface area contributed by atoms with Gasteiger partial charge in [-0.25, -0.2) is 0 Å². The van der Waals surface area contributed by atoms with Crippen molar-refractivity contribution in [3.8, 4) is 0 Å². The predicted octanol–water partition coefficient (Wildman–Crippen LogP) is 1.48. The van der Waals surface area contributed by atoms with Crippen LogP contribution >= 0.6 is 0 Å². The molecule has 2 aliphatic rings. The topological polar surface area (TPSA) is 54.0 Å². The second-order valence-corrected chi connectivity index (χ2v) is 5.29. The number of ketones is 1. The standard InChI is InChI=1S/C14H16N2O2/c1-14(2)13(18-14)12(17)11-10(8-15-16-11)9-6-4-3-5-7-9/h3-7,10,13,15H,8H2,1-2H3/t10-,13-/m1/s1. The summed E-state index contributed by atoms with van der Waals surface area (Å²) in [6.45, 7) is 4.53. The zero-order valence-electron chi connectivity index (χ0n) is 10.5. The Bertz CT molecular complexity index is 508. The predicted molar refractivity (Wildman–Crippen MR) is 68.6 cm³/mol. The summed E-state index contributed by atoms with van der Waals surface area (Å²) in [5, 5.41) is 4.16. The minimum atomic E-state index is -0.331. The normalized spacial score (nSPS) is 28.4. The van der Waals surface area contributed by atoms with Gasteiger partial charge in [-0.2, -0.15) is 5.10 Å². The van der Waals surface area contributed by atoms with Crippen molar-refractivity contribution in [2.45, 2.75) is 31.5 Å². The van der Waals surface area contributed by atoms with Crippen LogP contribution in [0.5, 0.6) is 0 Å². The molecule has 0 aromatic heterocycles. The van der Waals surface area contributed by atoms with Gasteiger partial charge in [-0.05, 0) is 19.4 Å². The first kappa shape index (κ1) is 11.4. The van der Waals surface area contributed by atoms with E-state index in [0.29, 0.717) is 12.3 Å². The fraction of sp³-hybridized carbons (Fsp3) is 0.429. The average molecular weight is 244 g/mol. The van der Waals surface area contributed by atoms with E-state index in [0.717, 1.165) is 5.56 Å². The molecular weight excluding hydrogens is 228 g/mol. The fourth-order valence-corrected chi connectivity index (χ4v) is 2.36. The maximum absolute atomic E-state index is 12.3. The third-order valence-corrected chi connectivity index (χ3v) is 3.51. The molecule has 1 aromatic carbocycles. The number of epoxide rings is 1. The Kier molecular flexibility index (Phi) is 2.48. The van der Waals surface area contributed by atoms with E-state index in [1.54, 1.807) is 0 Å². The summed E-state index contributed by atoms with van der Waals surface area (Å²) in [5.41, 5.74) is 4.31. The van der Waals surface area contributed by atoms with E-state index in [1.807, 2.05) is 44.2 Å². The number of carbonyl (C=O) groups excluding carboxylic acids is 1. The van der Waals surface area contributed by atoms with Crippen molar-refractivity contribution in [1.29, 1.82) is 0 Å². The van der Waals surface area contributed by atoms with Gasteiger partial charge in [0.2, 0.25) is 5.78 Å². The molecule has 94 valence electrons. The smallest absolute Gasteiger partial charge is 0.211 e. The van der Waals surface area contributed by atoms with Crippen LogP contribution in [0.4, 0.5) is 0 Å². The minimum absolute atomic E-state index is 0.0128. The third-order valence-electron chi connectivity index (χ3n) is 3.51. The number of hydrogen-bond acceptors (Lipinski definition) is 4. The molecule has 1 saturated heterocycles. The molecule has 0 unspecified atom stereocenters. The number of nitrogens with one attached hydrogen (secondary N) is 1. The second-order valence-electron chi connectivity index (χ2n) is 5.29. The van der Waals surface area contributed by atoms with Crippen LogP contribution in [-0.4, -0.2) is 29.7 Å². The quantitative estimate of drug-likeness (QED) is 0.819. The van der Waals surface area contributed by atoms with Crippen LogP contribution in [-0.2, 0) is 9.53 Å². The second kappa shape index (κ2) is 3.92. The van der Waals surface area contributed by atoms with Crippen molar-refractivity contribution in [3.05, 3.63) is 35.9 Å². The van der Waals surface area contributed by atoms with E-state index in [-0.39, 0.29) is 23.4 Å². The Morgan fingerprint density at radius 3 is 2.67 bits per heavy atom. The molecule has 1 aromatic rings. The van der Waals surface area contributed by atoms with Gasteiger partial charge in [0.25, 0.3) is 0 Å². The number of carbonyl (C=O) groups is 1. The Balaban J connectivity index is 1.82. The van der Waals surface area contributed by atoms with Crippen LogP contribution in [0.15, 0.2) is 35.4 Å². The lowest BCUT2D eigenvalue weighted by Gasteiger charge is -2.10. The molecular formula is C14H16N2O2. The highest BCUT2D eigenvalue weighted by Crippen LogP contribution is 2.37. The molecule has 0 saturated carbocycles. The molecule has 4 heteroatoms. The Morgan fingerprint density at radius 2 is 2.06 bits per heavy atom. The van der Waals surface area contributed by atoms with Gasteiger partial charge in [0, 0.05) is 6.54 Å². The van der Waals surface area contributed by atoms with Crippen LogP contribution in [0.25, 0.3) is 0 Å². The Hall–Kier alpha value is -1.68. The first-order valence-electron chi connectivity index (χ1n) is 6.17. The lowest BCUT2D eigenvalue weighted by atomic mass is 9.90. The van der Waals surface area contributed by atoms with Gasteiger partial charge in [0.05, 0.1) is 11.5 Å². The molecule has 0 bridgehead atoms. The Morgan fingerprint density at radius 1 is 1.39 bits per heavy atom. The summed E-state index contributed by atoms with van der Waals surface area (Å²) in [6.07, 6.45) is -0.331. The van der Waals surface area contributed by atoms with E-state index < -0.39 is 0 Å². The summed E-state index contributed by atoms with van der Waals surface area (Å²) in [6, 6.07) is 9.98. The molecule has 0 aliphatic carbocycles. The number of hydrazone groups is 1. The highest BCUT2D eigenvalue weighted by atomic mass is 16.6. The van der Waals surface area contributed by atoms with Gasteiger partial charge in [-0.15, -0.1) is 0 Å². The molecule has 0 amide bonds. The van der Waals surface area contributed by atoms with E-state index in [4.69, 9.17) is 4.74 Å². The number of ether oxygens (including phenoxy) is 1. The van der Waals surface area contributed by atoms with E-state index in [2.05, 4.69) is 10.5 Å². The number of rotatable bonds is 3. The molecule has 2 heterocycles. The highest BCUT2D eigenvalue weighted by Gasteiger charge is 2.55. The summed E-state index contributed by atoms with van der Waals surface area (Å²) in [5.74, 6) is 0.0533. The summed E-state index contributed by atoms with van der Waals surface area (Å²) in [4.78, 5) is 12.3. The zero-order valence-corrected chi connectivity index (χ0v) is 10.5. The van der Waals surface area contributed by atoms with Crippen LogP contribution in [0.3, 0.4) is 0 Å². The van der Waals surface area contributed by atoms with Gasteiger partial charge < -0.3 is 10.2 Å². The Labute approximate surface area is 106 Å². The molecule has 3 rings (SSSR count). The fourth-order valence-electron chi connectivity index (χ4n) is 2.36. The van der Waals surface area contributed by atoms with Gasteiger partial charge in [-0.1, -0.05) is 30.3 Å². The largest absolute Gasteiger partial charge is 0.358 e. The lowest BCUT2D eigenvalue weighted by molar-refractivity contribution is -0.114. The monoisotopic (exact) mass is 244 g/mol. The molecule has 18 heavy (non-hydrogen) atoms. The molecule has 0 spiro atoms. The van der Waals surface area contributed by atoms with Crippen LogP contribution in [0.2, 0.25) is 0 Å². The van der Waals surface area contributed by atoms with Gasteiger partial charge >= 0.3 is 0 Å². The van der Waals surface area contributed by atoms with Crippen molar-refractivity contribution in [2.24, 2.45) is 5.10 Å². The molecule has 0 radical (unpaired) electrons. The summed E-state index contributed by atoms with van der Waals surface area (Å²) in [7, 11) is 0. The van der Waals surface area contributed by atoms with Crippen molar-refractivity contribution in [3.63, 3.8) is 0 Å². The lowest BCUT2D eigenvalue weighted by Crippen LogP contribution is -2.28. The number of hydrogen-bond donors (Lipinski definition) is 1. The SMILES string of the molecule is CC1(C)O[C@@H]1C(=O)C1=NNC[C@@H]1c1ccccc1. The number of nitrogens with zero attached hydrogens (tertiary/aromatic N) is 1. The van der Waals surface area contributed by atoms with Crippen LogP contribution in [0, 0.1) is 0 Å². The summed E-state index contributed by atoms with van der Waals surface area (Å²) >= 11 is 0. The van der Waals surface area contributed by atoms with Crippen molar-refractivity contribution < 1.29 is 9.53 Å². The maximum Gasteiger partial charge on any atom is 0.211 e. The minimum Gasteiger partial charge on any atom is -0.358 e. The van der Waals surface area contributed by atoms with Crippen molar-refractivity contribution in [2.75, 3.05) is 6.54 Å². The van der Waals surface area contributed by atoms with Gasteiger partial charge in [-0.3, -0.25) is 4.79 Å². The number of Topliss-reactive ketones (excluding diaryl/α,β-unsaturated/α-hetero) is 1. The molecule has 2 aliphatic heterocycles. The average Bonchev–Trinajstić information content (AvgIpc) is 2.80. The van der Waals surface area contributed by atoms with Crippen LogP contribution < -0.4 is 5.43 Å². The molecule has 1 fully saturated rings. The molecule has 1 N–H and O–H groups in total. The van der Waals surface area contributed by atoms with E-state index in [9.17, 15) is 4.79 Å². The molecule has 2 atom stereocenters. The van der Waals surface area contributed by atoms with Crippen LogP contribution in [0.1, 0.15) is 25.3 Å². The van der Waals surface area contributed by atoms with Crippen molar-refractivity contribution >= 4 is 11.5 Å². The summed E-state index contributed by atoms with van der Waals surface area (Å²) < 4.78 is 5.40. The maximum atomic E-state index is 12.3. The van der Waals surface area contributed by atoms with Gasteiger partial charge in [0.15, 0.2) is 6.10 Å². The van der Waals surface area contributed by atoms with E-state index in [1.165, 1.54) is 0 Å². The first-order valence-corrected chi connectivity index (χ1v) is 6.17. The van der Waals surface area contributed by atoms with Crippen molar-refractivity contribution in [1.82, 2.24) is 5.43 Å². The zero-order chi connectivity index (χ0) is 12.8. The highest BCUT2D eigenvalue weighted by molar-refractivity contribution is 6.44. The molecule has 4 nitrogen and oxygen atoms in total. The first-order chi connectivity index (χ1) is 8.59. The van der Waals surface area contributed by atoms with E-state index >= 15 is 0 Å². The third kappa shape index (κ3) is 1.82. The van der Waals surface area contributed by atoms with Gasteiger partial charge in [0.1, 0.15) is 5.71 Å².